The lowest BCUT2D eigenvalue weighted by Gasteiger charge is -2.11. The van der Waals surface area contributed by atoms with Crippen LogP contribution in [0.3, 0.4) is 0 Å². The maximum absolute atomic E-state index is 12.3. The first-order valence-electron chi connectivity index (χ1n) is 7.38. The molecular weight excluding hydrogens is 292 g/mol. The zero-order valence-corrected chi connectivity index (χ0v) is 13.7. The number of benzene rings is 1. The smallest absolute Gasteiger partial charge is 0.255 e. The Balaban J connectivity index is 2.01. The molecule has 0 fully saturated rings. The number of carbonyl (C=O) groups excluding carboxylic acids is 1. The number of amides is 1. The molecule has 1 aromatic carbocycles. The predicted octanol–water partition coefficient (Wildman–Crippen LogP) is 2.32. The third-order valence-electron chi connectivity index (χ3n) is 3.21. The van der Waals surface area contributed by atoms with Crippen LogP contribution >= 0.6 is 0 Å². The van der Waals surface area contributed by atoms with Gasteiger partial charge < -0.3 is 20.3 Å². The lowest BCUT2D eigenvalue weighted by atomic mass is 10.2. The second-order valence-corrected chi connectivity index (χ2v) is 5.35. The summed E-state index contributed by atoms with van der Waals surface area (Å²) in [7, 11) is 5.61. The van der Waals surface area contributed by atoms with Gasteiger partial charge in [-0.2, -0.15) is 0 Å². The second kappa shape index (κ2) is 8.14. The number of rotatable bonds is 7. The first-order chi connectivity index (χ1) is 11.1. The van der Waals surface area contributed by atoms with Crippen LogP contribution in [-0.2, 0) is 0 Å². The van der Waals surface area contributed by atoms with Gasteiger partial charge in [0, 0.05) is 36.6 Å². The molecule has 1 amide bonds. The van der Waals surface area contributed by atoms with Crippen LogP contribution in [-0.4, -0.2) is 50.1 Å². The molecule has 0 spiro atoms. The van der Waals surface area contributed by atoms with Gasteiger partial charge in [0.05, 0.1) is 7.11 Å². The highest BCUT2D eigenvalue weighted by atomic mass is 16.5. The first-order valence-corrected chi connectivity index (χ1v) is 7.38. The molecule has 0 aliphatic carbocycles. The van der Waals surface area contributed by atoms with Gasteiger partial charge in [-0.3, -0.25) is 4.79 Å². The Morgan fingerprint density at radius 2 is 2.09 bits per heavy atom. The minimum atomic E-state index is -0.184. The first kappa shape index (κ1) is 16.8. The molecule has 0 unspecified atom stereocenters. The van der Waals surface area contributed by atoms with Crippen molar-refractivity contribution < 1.29 is 9.53 Å². The third kappa shape index (κ3) is 5.27. The fourth-order valence-electron chi connectivity index (χ4n) is 1.98. The molecule has 6 nitrogen and oxygen atoms in total. The molecule has 122 valence electrons. The average molecular weight is 314 g/mol. The quantitative estimate of drug-likeness (QED) is 0.821. The molecule has 2 aromatic rings. The van der Waals surface area contributed by atoms with Crippen LogP contribution in [0.1, 0.15) is 10.4 Å². The summed E-state index contributed by atoms with van der Waals surface area (Å²) in [6.07, 6.45) is 1.62. The van der Waals surface area contributed by atoms with Crippen molar-refractivity contribution in [2.75, 3.05) is 44.9 Å². The molecular formula is C17H22N4O2. The molecule has 1 aromatic heterocycles. The molecule has 23 heavy (non-hydrogen) atoms. The van der Waals surface area contributed by atoms with Crippen LogP contribution < -0.4 is 15.4 Å². The molecule has 1 heterocycles. The molecule has 0 saturated carbocycles. The van der Waals surface area contributed by atoms with Crippen molar-refractivity contribution >= 4 is 17.4 Å². The average Bonchev–Trinajstić information content (AvgIpc) is 2.55. The minimum absolute atomic E-state index is 0.184. The van der Waals surface area contributed by atoms with Crippen molar-refractivity contribution in [1.82, 2.24) is 9.88 Å². The van der Waals surface area contributed by atoms with Gasteiger partial charge in [-0.1, -0.05) is 6.07 Å². The summed E-state index contributed by atoms with van der Waals surface area (Å²) in [6.45, 7) is 1.66. The van der Waals surface area contributed by atoms with Crippen molar-refractivity contribution in [3.63, 3.8) is 0 Å². The van der Waals surface area contributed by atoms with Gasteiger partial charge in [0.2, 0.25) is 0 Å². The van der Waals surface area contributed by atoms with Crippen LogP contribution in [0.2, 0.25) is 0 Å². The van der Waals surface area contributed by atoms with E-state index in [9.17, 15) is 4.79 Å². The number of nitrogens with one attached hydrogen (secondary N) is 2. The molecule has 0 saturated heterocycles. The number of methoxy groups -OCH3 is 1. The summed E-state index contributed by atoms with van der Waals surface area (Å²) in [4.78, 5) is 18.6. The fourth-order valence-corrected chi connectivity index (χ4v) is 1.98. The number of ether oxygens (including phenoxy) is 1. The van der Waals surface area contributed by atoms with Crippen molar-refractivity contribution in [2.24, 2.45) is 0 Å². The molecule has 6 heteroatoms. The van der Waals surface area contributed by atoms with Crippen molar-refractivity contribution in [3.8, 4) is 5.75 Å². The topological polar surface area (TPSA) is 66.5 Å². The number of hydrogen-bond acceptors (Lipinski definition) is 5. The van der Waals surface area contributed by atoms with Gasteiger partial charge in [0.25, 0.3) is 5.91 Å². The van der Waals surface area contributed by atoms with E-state index in [1.165, 1.54) is 0 Å². The van der Waals surface area contributed by atoms with Crippen LogP contribution in [0.4, 0.5) is 11.5 Å². The van der Waals surface area contributed by atoms with E-state index >= 15 is 0 Å². The Morgan fingerprint density at radius 3 is 2.83 bits per heavy atom. The van der Waals surface area contributed by atoms with E-state index in [1.54, 1.807) is 31.5 Å². The number of nitrogens with zero attached hydrogens (tertiary/aromatic N) is 2. The van der Waals surface area contributed by atoms with E-state index in [4.69, 9.17) is 4.74 Å². The fraction of sp³-hybridized carbons (Fsp3) is 0.294. The largest absolute Gasteiger partial charge is 0.497 e. The number of aromatic nitrogens is 1. The van der Waals surface area contributed by atoms with Crippen molar-refractivity contribution in [1.29, 1.82) is 0 Å². The SMILES string of the molecule is COc1cccc(NC(=O)c2ccnc(NCCN(C)C)c2)c1. The van der Waals surface area contributed by atoms with Crippen LogP contribution in [0.5, 0.6) is 5.75 Å². The van der Waals surface area contributed by atoms with E-state index < -0.39 is 0 Å². The minimum Gasteiger partial charge on any atom is -0.497 e. The Kier molecular flexibility index (Phi) is 5.94. The highest BCUT2D eigenvalue weighted by Crippen LogP contribution is 2.18. The number of carbonyl (C=O) groups is 1. The number of hydrogen-bond donors (Lipinski definition) is 2. The second-order valence-electron chi connectivity index (χ2n) is 5.35. The molecule has 0 aliphatic heterocycles. The Morgan fingerprint density at radius 1 is 1.26 bits per heavy atom. The lowest BCUT2D eigenvalue weighted by Crippen LogP contribution is -2.21. The van der Waals surface area contributed by atoms with E-state index in [2.05, 4.69) is 20.5 Å². The summed E-state index contributed by atoms with van der Waals surface area (Å²) in [5, 5.41) is 6.05. The normalized spacial score (nSPS) is 10.4. The highest BCUT2D eigenvalue weighted by Gasteiger charge is 2.08. The summed E-state index contributed by atoms with van der Waals surface area (Å²) in [6, 6.07) is 10.7. The molecule has 0 radical (unpaired) electrons. The van der Waals surface area contributed by atoms with Crippen molar-refractivity contribution in [2.45, 2.75) is 0 Å². The number of likely N-dealkylation sites (N-methyl/N-ethyl adjacent to an activating group) is 1. The molecule has 0 atom stereocenters. The molecule has 2 rings (SSSR count). The zero-order chi connectivity index (χ0) is 16.7. The van der Waals surface area contributed by atoms with Gasteiger partial charge in [-0.25, -0.2) is 4.98 Å². The Labute approximate surface area is 136 Å². The molecule has 0 bridgehead atoms. The van der Waals surface area contributed by atoms with E-state index in [1.807, 2.05) is 32.3 Å². The van der Waals surface area contributed by atoms with E-state index in [0.29, 0.717) is 22.8 Å². The maximum Gasteiger partial charge on any atom is 0.255 e. The highest BCUT2D eigenvalue weighted by molar-refractivity contribution is 6.04. The summed E-state index contributed by atoms with van der Waals surface area (Å²) in [5.41, 5.74) is 1.24. The standard InChI is InChI=1S/C17H22N4O2/c1-21(2)10-9-19-16-11-13(7-8-18-16)17(22)20-14-5-4-6-15(12-14)23-3/h4-8,11-12H,9-10H2,1-3H3,(H,18,19)(H,20,22). The van der Waals surface area contributed by atoms with Gasteiger partial charge in [-0.05, 0) is 38.4 Å². The lowest BCUT2D eigenvalue weighted by molar-refractivity contribution is 0.102. The number of pyridine rings is 1. The van der Waals surface area contributed by atoms with Crippen LogP contribution in [0.25, 0.3) is 0 Å². The van der Waals surface area contributed by atoms with Gasteiger partial charge in [-0.15, -0.1) is 0 Å². The van der Waals surface area contributed by atoms with Gasteiger partial charge >= 0.3 is 0 Å². The van der Waals surface area contributed by atoms with Gasteiger partial charge in [0.1, 0.15) is 11.6 Å². The molecule has 2 N–H and O–H groups in total. The van der Waals surface area contributed by atoms with Crippen molar-refractivity contribution in [3.05, 3.63) is 48.2 Å². The predicted molar refractivity (Wildman–Crippen MR) is 92.2 cm³/mol. The van der Waals surface area contributed by atoms with Crippen LogP contribution in [0.15, 0.2) is 42.6 Å². The van der Waals surface area contributed by atoms with E-state index in [-0.39, 0.29) is 5.91 Å². The zero-order valence-electron chi connectivity index (χ0n) is 13.7. The Bertz CT molecular complexity index is 659. The Hall–Kier alpha value is -2.60. The summed E-state index contributed by atoms with van der Waals surface area (Å²) < 4.78 is 5.15. The third-order valence-corrected chi connectivity index (χ3v) is 3.21. The molecule has 0 aliphatic rings. The number of anilines is 2. The monoisotopic (exact) mass is 314 g/mol. The van der Waals surface area contributed by atoms with E-state index in [0.717, 1.165) is 13.1 Å². The van der Waals surface area contributed by atoms with Gasteiger partial charge in [0.15, 0.2) is 0 Å². The summed E-state index contributed by atoms with van der Waals surface area (Å²) >= 11 is 0. The maximum atomic E-state index is 12.3. The summed E-state index contributed by atoms with van der Waals surface area (Å²) in [5.74, 6) is 1.20. The van der Waals surface area contributed by atoms with Crippen LogP contribution in [0, 0.1) is 0 Å².